The molecule has 0 aliphatic rings. The third-order valence-corrected chi connectivity index (χ3v) is 5.80. The van der Waals surface area contributed by atoms with Crippen LogP contribution in [0.4, 0.5) is 24.5 Å². The summed E-state index contributed by atoms with van der Waals surface area (Å²) in [6.45, 7) is 4.82. The standard InChI is InChI=1S/C19H20ClF3N2O3S/c1-11-5-6-12(2)17(9-11)25(29(4,27)28)13(3)18(26)24-16-10-14(19(21,22)23)7-8-15(16)20/h5-10,13H,1-4H3,(H,24,26)/t13-/m0/s1. The minimum Gasteiger partial charge on any atom is -0.323 e. The third kappa shape index (κ3) is 5.42. The Kier molecular flexibility index (Phi) is 6.54. The van der Waals surface area contributed by atoms with Crippen molar-refractivity contribution in [1.82, 2.24) is 0 Å². The topological polar surface area (TPSA) is 66.5 Å². The van der Waals surface area contributed by atoms with E-state index in [9.17, 15) is 26.4 Å². The summed E-state index contributed by atoms with van der Waals surface area (Å²) in [6.07, 6.45) is -3.66. The van der Waals surface area contributed by atoms with Crippen molar-refractivity contribution in [2.75, 3.05) is 15.9 Å². The molecule has 0 radical (unpaired) electrons. The molecule has 0 heterocycles. The van der Waals surface area contributed by atoms with Crippen LogP contribution >= 0.6 is 11.6 Å². The quantitative estimate of drug-likeness (QED) is 0.716. The number of amides is 1. The number of aryl methyl sites for hydroxylation is 2. The van der Waals surface area contributed by atoms with Gasteiger partial charge in [0.15, 0.2) is 0 Å². The number of nitrogens with zero attached hydrogens (tertiary/aromatic N) is 1. The Morgan fingerprint density at radius 1 is 1.14 bits per heavy atom. The number of hydrogen-bond donors (Lipinski definition) is 1. The van der Waals surface area contributed by atoms with Crippen molar-refractivity contribution in [2.24, 2.45) is 0 Å². The number of anilines is 2. The van der Waals surface area contributed by atoms with Gasteiger partial charge in [-0.2, -0.15) is 13.2 Å². The van der Waals surface area contributed by atoms with Gasteiger partial charge in [0.1, 0.15) is 6.04 Å². The number of carbonyl (C=O) groups is 1. The fourth-order valence-corrected chi connectivity index (χ4v) is 4.16. The Morgan fingerprint density at radius 2 is 1.76 bits per heavy atom. The number of nitrogens with one attached hydrogen (secondary N) is 1. The van der Waals surface area contributed by atoms with Gasteiger partial charge in [-0.05, 0) is 56.2 Å². The van der Waals surface area contributed by atoms with Crippen molar-refractivity contribution in [1.29, 1.82) is 0 Å². The zero-order valence-corrected chi connectivity index (χ0v) is 17.7. The molecule has 0 aromatic heterocycles. The second kappa shape index (κ2) is 8.23. The molecule has 10 heteroatoms. The van der Waals surface area contributed by atoms with Gasteiger partial charge < -0.3 is 5.32 Å². The first-order chi connectivity index (χ1) is 13.2. The number of hydrogen-bond acceptors (Lipinski definition) is 3. The Labute approximate surface area is 172 Å². The molecule has 158 valence electrons. The lowest BCUT2D eigenvalue weighted by molar-refractivity contribution is -0.137. The Balaban J connectivity index is 2.42. The number of benzene rings is 2. The molecule has 0 saturated carbocycles. The average Bonchev–Trinajstić information content (AvgIpc) is 2.57. The summed E-state index contributed by atoms with van der Waals surface area (Å²) in [7, 11) is -3.88. The van der Waals surface area contributed by atoms with E-state index in [-0.39, 0.29) is 10.7 Å². The predicted molar refractivity (Wildman–Crippen MR) is 108 cm³/mol. The monoisotopic (exact) mass is 448 g/mol. The lowest BCUT2D eigenvalue weighted by atomic mass is 10.1. The van der Waals surface area contributed by atoms with Gasteiger partial charge in [0.05, 0.1) is 28.2 Å². The Morgan fingerprint density at radius 3 is 2.31 bits per heavy atom. The normalized spacial score (nSPS) is 13.1. The summed E-state index contributed by atoms with van der Waals surface area (Å²) >= 11 is 5.91. The van der Waals surface area contributed by atoms with E-state index < -0.39 is 33.7 Å². The average molecular weight is 449 g/mol. The summed E-state index contributed by atoms with van der Waals surface area (Å²) in [6, 6.07) is 6.41. The fourth-order valence-electron chi connectivity index (χ4n) is 2.77. The van der Waals surface area contributed by atoms with Crippen molar-refractivity contribution in [3.63, 3.8) is 0 Å². The van der Waals surface area contributed by atoms with E-state index in [4.69, 9.17) is 11.6 Å². The van der Waals surface area contributed by atoms with Crippen LogP contribution in [0.1, 0.15) is 23.6 Å². The summed E-state index contributed by atoms with van der Waals surface area (Å²) in [5.74, 6) is -0.822. The van der Waals surface area contributed by atoms with Crippen LogP contribution in [0.15, 0.2) is 36.4 Å². The van der Waals surface area contributed by atoms with Crippen LogP contribution in [-0.2, 0) is 21.0 Å². The van der Waals surface area contributed by atoms with Gasteiger partial charge in [-0.1, -0.05) is 23.7 Å². The smallest absolute Gasteiger partial charge is 0.323 e. The van der Waals surface area contributed by atoms with Crippen LogP contribution in [0.3, 0.4) is 0 Å². The molecular formula is C19H20ClF3N2O3S. The molecule has 0 bridgehead atoms. The number of halogens is 4. The first-order valence-electron chi connectivity index (χ1n) is 8.46. The molecule has 0 fully saturated rings. The van der Waals surface area contributed by atoms with Gasteiger partial charge in [0.25, 0.3) is 0 Å². The van der Waals surface area contributed by atoms with Crippen LogP contribution in [-0.4, -0.2) is 26.6 Å². The van der Waals surface area contributed by atoms with Crippen molar-refractivity contribution in [3.05, 3.63) is 58.1 Å². The van der Waals surface area contributed by atoms with Gasteiger partial charge in [0.2, 0.25) is 15.9 Å². The van der Waals surface area contributed by atoms with Crippen LogP contribution < -0.4 is 9.62 Å². The van der Waals surface area contributed by atoms with Crippen LogP contribution in [0.5, 0.6) is 0 Å². The van der Waals surface area contributed by atoms with E-state index in [1.54, 1.807) is 32.0 Å². The summed E-state index contributed by atoms with van der Waals surface area (Å²) < 4.78 is 64.6. The van der Waals surface area contributed by atoms with E-state index >= 15 is 0 Å². The van der Waals surface area contributed by atoms with E-state index in [0.29, 0.717) is 17.3 Å². The molecule has 0 aliphatic heterocycles. The zero-order chi connectivity index (χ0) is 22.1. The van der Waals surface area contributed by atoms with E-state index in [1.807, 2.05) is 0 Å². The first kappa shape index (κ1) is 23.0. The van der Waals surface area contributed by atoms with Gasteiger partial charge >= 0.3 is 6.18 Å². The highest BCUT2D eigenvalue weighted by Gasteiger charge is 2.33. The SMILES string of the molecule is Cc1ccc(C)c(N([C@@H](C)C(=O)Nc2cc(C(F)(F)F)ccc2Cl)S(C)(=O)=O)c1. The minimum atomic E-state index is -4.62. The molecular weight excluding hydrogens is 429 g/mol. The molecule has 2 rings (SSSR count). The van der Waals surface area contributed by atoms with E-state index in [0.717, 1.165) is 28.3 Å². The number of rotatable bonds is 5. The molecule has 0 unspecified atom stereocenters. The largest absolute Gasteiger partial charge is 0.416 e. The maximum atomic E-state index is 12.9. The molecule has 0 spiro atoms. The molecule has 29 heavy (non-hydrogen) atoms. The molecule has 1 amide bonds. The summed E-state index contributed by atoms with van der Waals surface area (Å²) in [5.41, 5.74) is 0.475. The van der Waals surface area contributed by atoms with Crippen LogP contribution in [0.25, 0.3) is 0 Å². The predicted octanol–water partition coefficient (Wildman–Crippen LogP) is 4.77. The van der Waals surface area contributed by atoms with Gasteiger partial charge in [-0.3, -0.25) is 9.10 Å². The molecule has 1 N–H and O–H groups in total. The van der Waals surface area contributed by atoms with Gasteiger partial charge in [0, 0.05) is 0 Å². The number of alkyl halides is 3. The van der Waals surface area contributed by atoms with Gasteiger partial charge in [-0.25, -0.2) is 8.42 Å². The molecule has 2 aromatic carbocycles. The summed E-state index contributed by atoms with van der Waals surface area (Å²) in [4.78, 5) is 12.7. The highest BCUT2D eigenvalue weighted by atomic mass is 35.5. The molecule has 0 aliphatic carbocycles. The molecule has 1 atom stereocenters. The van der Waals surface area contributed by atoms with Crippen molar-refractivity contribution in [2.45, 2.75) is 33.0 Å². The molecule has 0 saturated heterocycles. The zero-order valence-electron chi connectivity index (χ0n) is 16.1. The van der Waals surface area contributed by atoms with Gasteiger partial charge in [-0.15, -0.1) is 0 Å². The van der Waals surface area contributed by atoms with Crippen LogP contribution in [0.2, 0.25) is 5.02 Å². The summed E-state index contributed by atoms with van der Waals surface area (Å²) in [5, 5.41) is 2.20. The van der Waals surface area contributed by atoms with E-state index in [1.165, 1.54) is 6.92 Å². The van der Waals surface area contributed by atoms with E-state index in [2.05, 4.69) is 5.32 Å². The first-order valence-corrected chi connectivity index (χ1v) is 10.7. The fraction of sp³-hybridized carbons (Fsp3) is 0.316. The van der Waals surface area contributed by atoms with Crippen LogP contribution in [0, 0.1) is 13.8 Å². The van der Waals surface area contributed by atoms with Crippen molar-refractivity contribution in [3.8, 4) is 0 Å². The highest BCUT2D eigenvalue weighted by molar-refractivity contribution is 7.92. The Hall–Kier alpha value is -2.26. The minimum absolute atomic E-state index is 0.101. The second-order valence-electron chi connectivity index (χ2n) is 6.71. The lowest BCUT2D eigenvalue weighted by Gasteiger charge is -2.30. The number of carbonyl (C=O) groups excluding carboxylic acids is 1. The highest BCUT2D eigenvalue weighted by Crippen LogP contribution is 2.34. The lowest BCUT2D eigenvalue weighted by Crippen LogP contribution is -2.45. The third-order valence-electron chi connectivity index (χ3n) is 4.24. The maximum Gasteiger partial charge on any atom is 0.416 e. The molecule has 5 nitrogen and oxygen atoms in total. The second-order valence-corrected chi connectivity index (χ2v) is 8.97. The maximum absolute atomic E-state index is 12.9. The molecule has 2 aromatic rings. The number of sulfonamides is 1. The van der Waals surface area contributed by atoms with Crippen molar-refractivity contribution < 1.29 is 26.4 Å². The van der Waals surface area contributed by atoms with Crippen molar-refractivity contribution >= 4 is 38.9 Å². The Bertz CT molecular complexity index is 1040.